The van der Waals surface area contributed by atoms with E-state index in [1.165, 1.54) is 0 Å². The van der Waals surface area contributed by atoms with Crippen LogP contribution in [0.25, 0.3) is 34.5 Å². The fourth-order valence-electron chi connectivity index (χ4n) is 4.82. The molecule has 5 aromatic rings. The first-order valence-electron chi connectivity index (χ1n) is 14.5. The number of ether oxygens (including phenoxy) is 1. The maximum atomic E-state index is 12.2. The van der Waals surface area contributed by atoms with Crippen LogP contribution in [0.1, 0.15) is 41.2 Å². The van der Waals surface area contributed by atoms with E-state index in [4.69, 9.17) is 32.9 Å². The largest absolute Gasteiger partial charge is 0.495 e. The number of aromatic nitrogens is 2. The number of carboxylic acid groups (broad SMARTS) is 1. The second-order valence-corrected chi connectivity index (χ2v) is 11.7. The molecule has 0 saturated heterocycles. The number of halogens is 2. The molecule has 2 amide bonds. The number of nitrogens with zero attached hydrogens (tertiary/aromatic N) is 2. The number of carbonyl (C=O) groups excluding carboxylic acids is 1. The molecule has 0 bridgehead atoms. The Morgan fingerprint density at radius 2 is 1.65 bits per heavy atom. The zero-order valence-electron chi connectivity index (χ0n) is 25.4. The van der Waals surface area contributed by atoms with Gasteiger partial charge in [-0.1, -0.05) is 71.7 Å². The summed E-state index contributed by atoms with van der Waals surface area (Å²) in [4.78, 5) is 28.3. The highest BCUT2D eigenvalue weighted by Crippen LogP contribution is 2.32. The molecule has 10 heteroatoms. The Morgan fingerprint density at radius 3 is 2.30 bits per heavy atom. The van der Waals surface area contributed by atoms with E-state index in [2.05, 4.69) is 10.6 Å². The molecular formula is C36H32Cl2N4O4. The van der Waals surface area contributed by atoms with Crippen molar-refractivity contribution in [3.05, 3.63) is 124 Å². The van der Waals surface area contributed by atoms with E-state index >= 15 is 0 Å². The van der Waals surface area contributed by atoms with Crippen LogP contribution in [0.4, 0.5) is 10.5 Å². The molecular weight excluding hydrogens is 623 g/mol. The summed E-state index contributed by atoms with van der Waals surface area (Å²) in [6.45, 7) is 4.26. The van der Waals surface area contributed by atoms with E-state index < -0.39 is 5.97 Å². The van der Waals surface area contributed by atoms with E-state index in [-0.39, 0.29) is 17.6 Å². The monoisotopic (exact) mass is 654 g/mol. The Kier molecular flexibility index (Phi) is 10.1. The van der Waals surface area contributed by atoms with Crippen LogP contribution in [-0.2, 0) is 6.54 Å². The summed E-state index contributed by atoms with van der Waals surface area (Å²) in [7, 11) is 1.57. The second-order valence-electron chi connectivity index (χ2n) is 10.9. The summed E-state index contributed by atoms with van der Waals surface area (Å²) in [5.41, 5.74) is 6.06. The van der Waals surface area contributed by atoms with Gasteiger partial charge in [-0.15, -0.1) is 0 Å². The van der Waals surface area contributed by atoms with Crippen LogP contribution < -0.4 is 15.4 Å². The summed E-state index contributed by atoms with van der Waals surface area (Å²) in [6.07, 6.45) is 5.82. The smallest absolute Gasteiger partial charge is 0.335 e. The minimum absolute atomic E-state index is 0.0137. The number of hydrogen-bond donors (Lipinski definition) is 3. The molecule has 0 spiro atoms. The number of imidazole rings is 1. The normalized spacial score (nSPS) is 11.2. The molecule has 0 atom stereocenters. The van der Waals surface area contributed by atoms with Crippen LogP contribution in [0.15, 0.2) is 91.1 Å². The number of benzene rings is 4. The maximum Gasteiger partial charge on any atom is 0.335 e. The lowest BCUT2D eigenvalue weighted by molar-refractivity contribution is 0.0697. The van der Waals surface area contributed by atoms with Crippen LogP contribution in [0.2, 0.25) is 10.0 Å². The van der Waals surface area contributed by atoms with Crippen molar-refractivity contribution in [3.63, 3.8) is 0 Å². The topological polar surface area (TPSA) is 105 Å². The van der Waals surface area contributed by atoms with Gasteiger partial charge in [0.2, 0.25) is 0 Å². The Bertz CT molecular complexity index is 1900. The fraction of sp³-hybridized carbons (Fsp3) is 0.139. The predicted octanol–water partition coefficient (Wildman–Crippen LogP) is 8.98. The molecule has 1 aromatic heterocycles. The lowest BCUT2D eigenvalue weighted by Crippen LogP contribution is -2.34. The van der Waals surface area contributed by atoms with Crippen molar-refractivity contribution in [1.82, 2.24) is 14.9 Å². The molecule has 0 fully saturated rings. The maximum absolute atomic E-state index is 12.2. The van der Waals surface area contributed by atoms with Gasteiger partial charge >= 0.3 is 12.0 Å². The number of methoxy groups -OCH3 is 1. The van der Waals surface area contributed by atoms with Crippen molar-refractivity contribution < 1.29 is 19.4 Å². The summed E-state index contributed by atoms with van der Waals surface area (Å²) >= 11 is 12.6. The van der Waals surface area contributed by atoms with Crippen LogP contribution in [-0.4, -0.2) is 39.8 Å². The van der Waals surface area contributed by atoms with Crippen LogP contribution in [0.3, 0.4) is 0 Å². The highest BCUT2D eigenvalue weighted by atomic mass is 35.5. The van der Waals surface area contributed by atoms with Gasteiger partial charge in [-0.2, -0.15) is 0 Å². The van der Waals surface area contributed by atoms with Gasteiger partial charge in [0, 0.05) is 29.4 Å². The van der Waals surface area contributed by atoms with Crippen molar-refractivity contribution in [2.45, 2.75) is 26.4 Å². The number of amides is 2. The number of aromatic carboxylic acids is 1. The first-order chi connectivity index (χ1) is 22.1. The molecule has 0 aliphatic rings. The summed E-state index contributed by atoms with van der Waals surface area (Å²) in [5.74, 6) is 0.283. The SMILES string of the molecule is COc1cc(-c2ccc(C=Cc3nc(-c4ccc(Cl)cc4Cl)cn3Cc3ccc(C(=O)O)cc3)cc2)ccc1NC(=O)NC(C)C. The van der Waals surface area contributed by atoms with E-state index in [9.17, 15) is 14.7 Å². The molecule has 8 nitrogen and oxygen atoms in total. The average molecular weight is 656 g/mol. The van der Waals surface area contributed by atoms with E-state index in [0.29, 0.717) is 39.5 Å². The number of hydrogen-bond acceptors (Lipinski definition) is 4. The number of carboxylic acids is 1. The zero-order chi connectivity index (χ0) is 32.8. The van der Waals surface area contributed by atoms with Gasteiger partial charge in [0.15, 0.2) is 0 Å². The van der Waals surface area contributed by atoms with Crippen molar-refractivity contribution in [2.75, 3.05) is 12.4 Å². The average Bonchev–Trinajstić information content (AvgIpc) is 3.42. The Hall–Kier alpha value is -5.05. The second kappa shape index (κ2) is 14.4. The van der Waals surface area contributed by atoms with Crippen LogP contribution in [0, 0.1) is 0 Å². The third-order valence-electron chi connectivity index (χ3n) is 7.11. The first-order valence-corrected chi connectivity index (χ1v) is 15.2. The number of anilines is 1. The third-order valence-corrected chi connectivity index (χ3v) is 7.65. The molecule has 234 valence electrons. The summed E-state index contributed by atoms with van der Waals surface area (Å²) in [6, 6.07) is 25.5. The van der Waals surface area contributed by atoms with Gasteiger partial charge in [0.25, 0.3) is 0 Å². The predicted molar refractivity (Wildman–Crippen MR) is 185 cm³/mol. The highest BCUT2D eigenvalue weighted by molar-refractivity contribution is 6.36. The summed E-state index contributed by atoms with van der Waals surface area (Å²) < 4.78 is 7.53. The van der Waals surface area contributed by atoms with Gasteiger partial charge in [-0.05, 0) is 84.6 Å². The third kappa shape index (κ3) is 7.96. The number of nitrogens with one attached hydrogen (secondary N) is 2. The minimum Gasteiger partial charge on any atom is -0.495 e. The number of rotatable bonds is 10. The van der Waals surface area contributed by atoms with Gasteiger partial charge < -0.3 is 25.0 Å². The molecule has 5 rings (SSSR count). The first kappa shape index (κ1) is 32.3. The number of carbonyl (C=O) groups is 2. The molecule has 0 radical (unpaired) electrons. The summed E-state index contributed by atoms with van der Waals surface area (Å²) in [5, 5.41) is 15.9. The van der Waals surface area contributed by atoms with Gasteiger partial charge in [-0.25, -0.2) is 14.6 Å². The van der Waals surface area contributed by atoms with Crippen LogP contribution in [0.5, 0.6) is 5.75 Å². The van der Waals surface area contributed by atoms with Gasteiger partial charge in [0.05, 0.1) is 29.1 Å². The standard InChI is InChI=1S/C36H32Cl2N4O4/c1-22(2)39-36(45)41-31-16-13-27(18-33(31)46-3)25-9-4-23(5-10-25)8-17-34-40-32(29-15-14-28(37)19-30(29)38)21-42(34)20-24-6-11-26(12-7-24)35(43)44/h4-19,21-22H,20H2,1-3H3,(H,43,44)(H2,39,41,45). The van der Waals surface area contributed by atoms with E-state index in [0.717, 1.165) is 27.8 Å². The Morgan fingerprint density at radius 1 is 0.935 bits per heavy atom. The van der Waals surface area contributed by atoms with Crippen molar-refractivity contribution in [2.24, 2.45) is 0 Å². The molecule has 1 heterocycles. The lowest BCUT2D eigenvalue weighted by atomic mass is 10.0. The van der Waals surface area contributed by atoms with Crippen molar-refractivity contribution in [1.29, 1.82) is 0 Å². The van der Waals surface area contributed by atoms with E-state index in [1.54, 1.807) is 43.5 Å². The van der Waals surface area contributed by atoms with Gasteiger partial charge in [-0.3, -0.25) is 0 Å². The fourth-order valence-corrected chi connectivity index (χ4v) is 5.32. The minimum atomic E-state index is -0.970. The molecule has 46 heavy (non-hydrogen) atoms. The van der Waals surface area contributed by atoms with Gasteiger partial charge in [0.1, 0.15) is 11.6 Å². The molecule has 0 saturated carbocycles. The molecule has 4 aromatic carbocycles. The molecule has 3 N–H and O–H groups in total. The lowest BCUT2D eigenvalue weighted by Gasteiger charge is -2.14. The molecule has 0 aliphatic carbocycles. The Balaban J connectivity index is 1.39. The zero-order valence-corrected chi connectivity index (χ0v) is 26.9. The quantitative estimate of drug-likeness (QED) is 0.139. The number of urea groups is 1. The Labute approximate surface area is 277 Å². The van der Waals surface area contributed by atoms with Crippen molar-refractivity contribution in [3.8, 4) is 28.1 Å². The van der Waals surface area contributed by atoms with E-state index in [1.807, 2.05) is 85.3 Å². The van der Waals surface area contributed by atoms with Crippen LogP contribution >= 0.6 is 23.2 Å². The molecule has 0 aliphatic heterocycles. The highest BCUT2D eigenvalue weighted by Gasteiger charge is 2.13. The van der Waals surface area contributed by atoms with Crippen molar-refractivity contribution >= 4 is 53.0 Å². The molecule has 0 unspecified atom stereocenters.